The van der Waals surface area contributed by atoms with E-state index < -0.39 is 6.61 Å². The van der Waals surface area contributed by atoms with Crippen molar-refractivity contribution in [2.24, 2.45) is 0 Å². The minimum atomic E-state index is -2.79. The molecule has 3 rings (SSSR count). The second kappa shape index (κ2) is 7.72. The van der Waals surface area contributed by atoms with Gasteiger partial charge in [0, 0.05) is 31.2 Å². The maximum atomic E-state index is 12.2. The van der Waals surface area contributed by atoms with Gasteiger partial charge in [-0.3, -0.25) is 4.68 Å². The number of alkyl halides is 2. The molecular formula is C17H22F2N4O. The standard InChI is InChI=1S/C17H22F2N4O/c1-2-15(12-3-5-14(6-4-12)24-17(18)19)21-9-13-10-22-23-8-7-20-11-16(13)23/h3-6,10,15,17,20-21H,2,7-9,11H2,1H3. The Kier molecular flexibility index (Phi) is 5.42. The normalized spacial score (nSPS) is 15.3. The molecule has 2 heterocycles. The van der Waals surface area contributed by atoms with Crippen molar-refractivity contribution >= 4 is 0 Å². The molecule has 0 amide bonds. The first kappa shape index (κ1) is 16.9. The number of aromatic nitrogens is 2. The van der Waals surface area contributed by atoms with Crippen LogP contribution in [-0.2, 0) is 19.6 Å². The number of benzene rings is 1. The van der Waals surface area contributed by atoms with E-state index in [-0.39, 0.29) is 11.8 Å². The first-order valence-corrected chi connectivity index (χ1v) is 8.19. The molecule has 1 aromatic carbocycles. The van der Waals surface area contributed by atoms with Crippen molar-refractivity contribution < 1.29 is 13.5 Å². The Hall–Kier alpha value is -1.99. The SMILES string of the molecule is CCC(NCc1cnn2c1CNCC2)c1ccc(OC(F)F)cc1. The fourth-order valence-corrected chi connectivity index (χ4v) is 3.00. The van der Waals surface area contributed by atoms with E-state index in [9.17, 15) is 8.78 Å². The van der Waals surface area contributed by atoms with Crippen LogP contribution in [0.1, 0.15) is 36.2 Å². The van der Waals surface area contributed by atoms with E-state index >= 15 is 0 Å². The van der Waals surface area contributed by atoms with Crippen LogP contribution >= 0.6 is 0 Å². The number of halogens is 2. The number of fused-ring (bicyclic) bond motifs is 1. The quantitative estimate of drug-likeness (QED) is 0.816. The number of hydrogen-bond acceptors (Lipinski definition) is 4. The molecule has 1 aliphatic rings. The highest BCUT2D eigenvalue weighted by molar-refractivity contribution is 5.29. The minimum Gasteiger partial charge on any atom is -0.435 e. The highest BCUT2D eigenvalue weighted by Gasteiger charge is 2.16. The lowest BCUT2D eigenvalue weighted by Gasteiger charge is -2.20. The van der Waals surface area contributed by atoms with E-state index in [1.54, 1.807) is 12.1 Å². The number of ether oxygens (including phenoxy) is 1. The van der Waals surface area contributed by atoms with Gasteiger partial charge in [-0.05, 0) is 24.1 Å². The van der Waals surface area contributed by atoms with Gasteiger partial charge in [0.05, 0.1) is 18.4 Å². The van der Waals surface area contributed by atoms with Gasteiger partial charge in [0.1, 0.15) is 5.75 Å². The van der Waals surface area contributed by atoms with Gasteiger partial charge in [-0.1, -0.05) is 19.1 Å². The molecule has 0 spiro atoms. The molecule has 5 nitrogen and oxygen atoms in total. The molecule has 1 unspecified atom stereocenters. The molecule has 130 valence electrons. The van der Waals surface area contributed by atoms with Crippen molar-refractivity contribution in [1.29, 1.82) is 0 Å². The zero-order valence-corrected chi connectivity index (χ0v) is 13.6. The fourth-order valence-electron chi connectivity index (χ4n) is 3.00. The Balaban J connectivity index is 1.63. The first-order valence-electron chi connectivity index (χ1n) is 8.19. The summed E-state index contributed by atoms with van der Waals surface area (Å²) >= 11 is 0. The average molecular weight is 336 g/mol. The third-order valence-electron chi connectivity index (χ3n) is 4.28. The van der Waals surface area contributed by atoms with Crippen LogP contribution in [0.4, 0.5) is 8.78 Å². The third kappa shape index (κ3) is 3.91. The first-order chi connectivity index (χ1) is 11.7. The lowest BCUT2D eigenvalue weighted by atomic mass is 10.0. The molecule has 2 N–H and O–H groups in total. The monoisotopic (exact) mass is 336 g/mol. The smallest absolute Gasteiger partial charge is 0.387 e. The van der Waals surface area contributed by atoms with Crippen molar-refractivity contribution in [2.75, 3.05) is 6.54 Å². The third-order valence-corrected chi connectivity index (χ3v) is 4.28. The van der Waals surface area contributed by atoms with E-state index in [0.717, 1.165) is 38.2 Å². The summed E-state index contributed by atoms with van der Waals surface area (Å²) in [6, 6.07) is 6.97. The van der Waals surface area contributed by atoms with E-state index in [4.69, 9.17) is 0 Å². The summed E-state index contributed by atoms with van der Waals surface area (Å²) in [5.74, 6) is 0.181. The molecule has 0 radical (unpaired) electrons. The maximum Gasteiger partial charge on any atom is 0.387 e. The lowest BCUT2D eigenvalue weighted by molar-refractivity contribution is -0.0498. The van der Waals surface area contributed by atoms with Gasteiger partial charge < -0.3 is 15.4 Å². The van der Waals surface area contributed by atoms with Crippen molar-refractivity contribution in [3.63, 3.8) is 0 Å². The van der Waals surface area contributed by atoms with Gasteiger partial charge in [0.15, 0.2) is 0 Å². The predicted molar refractivity (Wildman–Crippen MR) is 86.9 cm³/mol. The summed E-state index contributed by atoms with van der Waals surface area (Å²) in [5.41, 5.74) is 3.47. The van der Waals surface area contributed by atoms with Crippen LogP contribution in [0.2, 0.25) is 0 Å². The van der Waals surface area contributed by atoms with E-state index in [2.05, 4.69) is 27.4 Å². The van der Waals surface area contributed by atoms with Crippen molar-refractivity contribution in [2.45, 2.75) is 45.6 Å². The Bertz CT molecular complexity index is 657. The van der Waals surface area contributed by atoms with Crippen molar-refractivity contribution in [1.82, 2.24) is 20.4 Å². The summed E-state index contributed by atoms with van der Waals surface area (Å²) in [6.45, 7) is 2.72. The predicted octanol–water partition coefficient (Wildman–Crippen LogP) is 2.83. The second-order valence-corrected chi connectivity index (χ2v) is 5.81. The molecule has 24 heavy (non-hydrogen) atoms. The minimum absolute atomic E-state index is 0.151. The van der Waals surface area contributed by atoms with Gasteiger partial charge >= 0.3 is 6.61 Å². The summed E-state index contributed by atoms with van der Waals surface area (Å²) in [7, 11) is 0. The molecule has 0 saturated heterocycles. The van der Waals surface area contributed by atoms with Crippen LogP contribution in [0.3, 0.4) is 0 Å². The van der Waals surface area contributed by atoms with Crippen molar-refractivity contribution in [3.05, 3.63) is 47.3 Å². The Morgan fingerprint density at radius 3 is 2.83 bits per heavy atom. The molecule has 1 aliphatic heterocycles. The molecule has 0 fully saturated rings. The number of hydrogen-bond donors (Lipinski definition) is 2. The average Bonchev–Trinajstić information content (AvgIpc) is 3.00. The van der Waals surface area contributed by atoms with E-state index in [1.165, 1.54) is 11.3 Å². The van der Waals surface area contributed by atoms with Crippen LogP contribution in [0, 0.1) is 0 Å². The Morgan fingerprint density at radius 1 is 1.33 bits per heavy atom. The van der Waals surface area contributed by atoms with Gasteiger partial charge in [0.25, 0.3) is 0 Å². The van der Waals surface area contributed by atoms with Crippen LogP contribution < -0.4 is 15.4 Å². The molecule has 0 aliphatic carbocycles. The van der Waals surface area contributed by atoms with Gasteiger partial charge in [-0.2, -0.15) is 13.9 Å². The van der Waals surface area contributed by atoms with Gasteiger partial charge in [-0.15, -0.1) is 0 Å². The molecule has 7 heteroatoms. The van der Waals surface area contributed by atoms with Crippen LogP contribution in [0.5, 0.6) is 5.75 Å². The highest BCUT2D eigenvalue weighted by Crippen LogP contribution is 2.22. The Labute approximate surface area is 140 Å². The molecule has 0 saturated carbocycles. The van der Waals surface area contributed by atoms with Gasteiger partial charge in [-0.25, -0.2) is 0 Å². The largest absolute Gasteiger partial charge is 0.435 e. The summed E-state index contributed by atoms with van der Waals surface area (Å²) < 4.78 is 30.9. The molecule has 0 bridgehead atoms. The number of rotatable bonds is 7. The number of nitrogens with zero attached hydrogens (tertiary/aromatic N) is 2. The maximum absolute atomic E-state index is 12.2. The fraction of sp³-hybridized carbons (Fsp3) is 0.471. The topological polar surface area (TPSA) is 51.1 Å². The van der Waals surface area contributed by atoms with Crippen LogP contribution in [0.25, 0.3) is 0 Å². The molecule has 2 aromatic rings. The molecule has 1 aromatic heterocycles. The lowest BCUT2D eigenvalue weighted by Crippen LogP contribution is -2.29. The van der Waals surface area contributed by atoms with E-state index in [1.807, 2.05) is 23.0 Å². The summed E-state index contributed by atoms with van der Waals surface area (Å²) in [4.78, 5) is 0. The zero-order valence-electron chi connectivity index (χ0n) is 13.6. The second-order valence-electron chi connectivity index (χ2n) is 5.81. The zero-order chi connectivity index (χ0) is 16.9. The Morgan fingerprint density at radius 2 is 2.12 bits per heavy atom. The van der Waals surface area contributed by atoms with E-state index in [0.29, 0.717) is 0 Å². The highest BCUT2D eigenvalue weighted by atomic mass is 19.3. The van der Waals surface area contributed by atoms with Crippen molar-refractivity contribution in [3.8, 4) is 5.75 Å². The molecule has 1 atom stereocenters. The van der Waals surface area contributed by atoms with Crippen LogP contribution in [0.15, 0.2) is 30.5 Å². The molecular weight excluding hydrogens is 314 g/mol. The van der Waals surface area contributed by atoms with Crippen LogP contribution in [-0.4, -0.2) is 22.9 Å². The summed E-state index contributed by atoms with van der Waals surface area (Å²) in [6.07, 6.45) is 2.82. The number of nitrogens with one attached hydrogen (secondary N) is 2. The summed E-state index contributed by atoms with van der Waals surface area (Å²) in [5, 5.41) is 11.3. The van der Waals surface area contributed by atoms with Gasteiger partial charge in [0.2, 0.25) is 0 Å².